The van der Waals surface area contributed by atoms with Gasteiger partial charge in [0.2, 0.25) is 5.91 Å². The Morgan fingerprint density at radius 3 is 2.31 bits per heavy atom. The minimum absolute atomic E-state index is 0.0143. The van der Waals surface area contributed by atoms with Crippen LogP contribution in [0.4, 0.5) is 4.39 Å². The molecule has 1 aliphatic rings. The highest BCUT2D eigenvalue weighted by atomic mass is 19.1. The summed E-state index contributed by atoms with van der Waals surface area (Å²) >= 11 is 0. The van der Waals surface area contributed by atoms with Crippen molar-refractivity contribution < 1.29 is 13.9 Å². The number of halogens is 1. The van der Waals surface area contributed by atoms with Gasteiger partial charge in [0.05, 0.1) is 38.9 Å². The van der Waals surface area contributed by atoms with Gasteiger partial charge >= 0.3 is 0 Å². The van der Waals surface area contributed by atoms with Gasteiger partial charge in [0.25, 0.3) is 5.56 Å². The summed E-state index contributed by atoms with van der Waals surface area (Å²) in [4.78, 5) is 28.4. The number of hydrogen-bond acceptors (Lipinski definition) is 3. The molecule has 0 spiro atoms. The van der Waals surface area contributed by atoms with Gasteiger partial charge < -0.3 is 9.64 Å². The number of benzene rings is 3. The molecule has 0 saturated carbocycles. The number of carbonyl (C=O) groups excluding carboxylic acids is 1. The lowest BCUT2D eigenvalue weighted by atomic mass is 10.1. The number of fused-ring (bicyclic) bond motifs is 1. The van der Waals surface area contributed by atoms with Crippen LogP contribution < -0.4 is 10.3 Å². The van der Waals surface area contributed by atoms with Crippen LogP contribution in [0.1, 0.15) is 27.9 Å². The van der Waals surface area contributed by atoms with Crippen LogP contribution in [0, 0.1) is 5.82 Å². The van der Waals surface area contributed by atoms with Crippen molar-refractivity contribution in [1.82, 2.24) is 14.3 Å². The molecule has 3 aromatic carbocycles. The molecule has 0 fully saturated rings. The Labute approximate surface area is 209 Å². The fourth-order valence-electron chi connectivity index (χ4n) is 4.77. The number of methoxy groups -OCH3 is 1. The van der Waals surface area contributed by atoms with Gasteiger partial charge in [-0.05, 0) is 47.4 Å². The summed E-state index contributed by atoms with van der Waals surface area (Å²) in [5.41, 5.74) is 4.30. The van der Waals surface area contributed by atoms with Crippen LogP contribution in [0.2, 0.25) is 0 Å². The monoisotopic (exact) mass is 485 g/mol. The van der Waals surface area contributed by atoms with E-state index in [4.69, 9.17) is 4.74 Å². The van der Waals surface area contributed by atoms with E-state index in [2.05, 4.69) is 0 Å². The summed E-state index contributed by atoms with van der Waals surface area (Å²) in [6, 6.07) is 23.8. The lowest BCUT2D eigenvalue weighted by Gasteiger charge is -2.28. The average molecular weight is 486 g/mol. The van der Waals surface area contributed by atoms with Crippen molar-refractivity contribution in [3.63, 3.8) is 0 Å². The average Bonchev–Trinajstić information content (AvgIpc) is 3.15. The van der Waals surface area contributed by atoms with Gasteiger partial charge in [-0.2, -0.15) is 0 Å². The maximum Gasteiger partial charge on any atom is 0.270 e. The van der Waals surface area contributed by atoms with E-state index in [1.165, 1.54) is 12.1 Å². The molecule has 0 N–H and O–H groups in total. The molecule has 0 unspecified atom stereocenters. The first-order chi connectivity index (χ1) is 17.5. The van der Waals surface area contributed by atoms with E-state index in [1.807, 2.05) is 59.3 Å². The highest BCUT2D eigenvalue weighted by molar-refractivity contribution is 5.79. The first-order valence-electron chi connectivity index (χ1n) is 12.0. The van der Waals surface area contributed by atoms with Gasteiger partial charge in [0.1, 0.15) is 11.6 Å². The summed E-state index contributed by atoms with van der Waals surface area (Å²) in [5, 5.41) is 0. The fraction of sp³-hybridized carbons (Fsp3) is 0.241. The van der Waals surface area contributed by atoms with Crippen LogP contribution in [0.3, 0.4) is 0 Å². The topological polar surface area (TPSA) is 56.5 Å². The van der Waals surface area contributed by atoms with Crippen LogP contribution in [-0.4, -0.2) is 33.8 Å². The summed E-state index contributed by atoms with van der Waals surface area (Å²) in [7, 11) is 1.63. The maximum atomic E-state index is 13.6. The second kappa shape index (κ2) is 10.2. The third-order valence-corrected chi connectivity index (χ3v) is 6.68. The molecule has 0 atom stereocenters. The highest BCUT2D eigenvalue weighted by Gasteiger charge is 2.28. The predicted molar refractivity (Wildman–Crippen MR) is 136 cm³/mol. The molecule has 5 rings (SSSR count). The van der Waals surface area contributed by atoms with Crippen molar-refractivity contribution in [2.24, 2.45) is 0 Å². The fourth-order valence-corrected chi connectivity index (χ4v) is 4.77. The zero-order valence-electron chi connectivity index (χ0n) is 20.2. The van der Waals surface area contributed by atoms with Crippen molar-refractivity contribution in [2.75, 3.05) is 13.7 Å². The maximum absolute atomic E-state index is 13.6. The Morgan fingerprint density at radius 2 is 1.58 bits per heavy atom. The number of ether oxygens (including phenoxy) is 1. The summed E-state index contributed by atoms with van der Waals surface area (Å²) in [5.74, 6) is 0.335. The molecular weight excluding hydrogens is 457 g/mol. The molecule has 2 heterocycles. The largest absolute Gasteiger partial charge is 0.497 e. The Bertz CT molecular complexity index is 1420. The summed E-state index contributed by atoms with van der Waals surface area (Å²) in [6.45, 7) is 1.75. The molecule has 1 aromatic heterocycles. The Balaban J connectivity index is 1.47. The number of carbonyl (C=O) groups is 1. The van der Waals surface area contributed by atoms with Gasteiger partial charge in [-0.25, -0.2) is 9.07 Å². The second-order valence-electron chi connectivity index (χ2n) is 9.05. The molecule has 7 heteroatoms. The number of hydrogen-bond donors (Lipinski definition) is 0. The van der Waals surface area contributed by atoms with Crippen molar-refractivity contribution in [2.45, 2.75) is 32.5 Å². The van der Waals surface area contributed by atoms with Gasteiger partial charge in [0, 0.05) is 12.1 Å². The normalized spacial score (nSPS) is 12.9. The van der Waals surface area contributed by atoms with Crippen LogP contribution in [0.25, 0.3) is 0 Å². The molecular formula is C29H28FN3O3. The smallest absolute Gasteiger partial charge is 0.270 e. The Kier molecular flexibility index (Phi) is 6.71. The predicted octanol–water partition coefficient (Wildman–Crippen LogP) is 4.02. The standard InChI is InChI=1S/C29H28FN3O3/c1-36-25-12-10-22(11-13-25)18-32-27-20-31(28(34)17-23-8-5-9-24(30)16-23)15-14-26(27)29(35)33(32)19-21-6-3-2-4-7-21/h2-13,16H,14-15,17-20H2,1H3. The third kappa shape index (κ3) is 4.96. The lowest BCUT2D eigenvalue weighted by molar-refractivity contribution is -0.131. The lowest BCUT2D eigenvalue weighted by Crippen LogP contribution is -2.38. The van der Waals surface area contributed by atoms with Crippen LogP contribution >= 0.6 is 0 Å². The van der Waals surface area contributed by atoms with E-state index in [1.54, 1.807) is 28.8 Å². The number of nitrogens with zero attached hydrogens (tertiary/aromatic N) is 3. The molecule has 0 radical (unpaired) electrons. The zero-order valence-corrected chi connectivity index (χ0v) is 20.2. The third-order valence-electron chi connectivity index (χ3n) is 6.68. The van der Waals surface area contributed by atoms with Crippen molar-refractivity contribution in [3.05, 3.63) is 123 Å². The molecule has 0 aliphatic carbocycles. The molecule has 184 valence electrons. The van der Waals surface area contributed by atoms with E-state index in [9.17, 15) is 14.0 Å². The Hall–Kier alpha value is -4.13. The van der Waals surface area contributed by atoms with Crippen molar-refractivity contribution in [1.29, 1.82) is 0 Å². The van der Waals surface area contributed by atoms with Crippen molar-refractivity contribution >= 4 is 5.91 Å². The SMILES string of the molecule is COc1ccc(Cn2c3c(c(=O)n2Cc2ccccc2)CCN(C(=O)Cc2cccc(F)c2)C3)cc1. The summed E-state index contributed by atoms with van der Waals surface area (Å²) in [6.07, 6.45) is 0.619. The number of amides is 1. The Morgan fingerprint density at radius 1 is 0.889 bits per heavy atom. The molecule has 1 amide bonds. The van der Waals surface area contributed by atoms with E-state index in [0.29, 0.717) is 38.2 Å². The van der Waals surface area contributed by atoms with Gasteiger partial charge in [-0.3, -0.25) is 14.3 Å². The van der Waals surface area contributed by atoms with E-state index >= 15 is 0 Å². The summed E-state index contributed by atoms with van der Waals surface area (Å²) < 4.78 is 22.7. The molecule has 6 nitrogen and oxygen atoms in total. The molecule has 0 saturated heterocycles. The van der Waals surface area contributed by atoms with E-state index < -0.39 is 0 Å². The molecule has 1 aliphatic heterocycles. The van der Waals surface area contributed by atoms with E-state index in [0.717, 1.165) is 28.1 Å². The first-order valence-corrected chi connectivity index (χ1v) is 12.0. The highest BCUT2D eigenvalue weighted by Crippen LogP contribution is 2.21. The molecule has 36 heavy (non-hydrogen) atoms. The van der Waals surface area contributed by atoms with Gasteiger partial charge in [-0.1, -0.05) is 54.6 Å². The molecule has 0 bridgehead atoms. The van der Waals surface area contributed by atoms with Crippen LogP contribution in [0.5, 0.6) is 5.75 Å². The first kappa shape index (κ1) is 23.6. The van der Waals surface area contributed by atoms with Crippen LogP contribution in [0.15, 0.2) is 83.7 Å². The van der Waals surface area contributed by atoms with Crippen LogP contribution in [-0.2, 0) is 37.3 Å². The number of aromatic nitrogens is 2. The second-order valence-corrected chi connectivity index (χ2v) is 9.05. The number of rotatable bonds is 7. The van der Waals surface area contributed by atoms with Gasteiger partial charge in [0.15, 0.2) is 0 Å². The van der Waals surface area contributed by atoms with Crippen molar-refractivity contribution in [3.8, 4) is 5.75 Å². The van der Waals surface area contributed by atoms with E-state index in [-0.39, 0.29) is 23.7 Å². The van der Waals surface area contributed by atoms with Gasteiger partial charge in [-0.15, -0.1) is 0 Å². The quantitative estimate of drug-likeness (QED) is 0.397. The molecule has 4 aromatic rings. The zero-order chi connectivity index (χ0) is 25.1. The minimum atomic E-state index is -0.354. The minimum Gasteiger partial charge on any atom is -0.497 e.